The average molecular weight is 501 g/mol. The number of hydrogen-bond donors (Lipinski definition) is 2. The van der Waals surface area contributed by atoms with Crippen LogP contribution in [-0.2, 0) is 11.2 Å². The second-order valence-electron chi connectivity index (χ2n) is 8.25. The van der Waals surface area contributed by atoms with E-state index in [0.29, 0.717) is 31.4 Å². The number of fused-ring (bicyclic) bond motifs is 3. The van der Waals surface area contributed by atoms with Crippen LogP contribution in [0.15, 0.2) is 23.2 Å². The summed E-state index contributed by atoms with van der Waals surface area (Å²) in [5.41, 5.74) is 1.05. The maximum atomic E-state index is 6.06. The van der Waals surface area contributed by atoms with Crippen molar-refractivity contribution in [1.29, 1.82) is 0 Å². The summed E-state index contributed by atoms with van der Waals surface area (Å²) in [6.45, 7) is 8.23. The van der Waals surface area contributed by atoms with Gasteiger partial charge in [0.2, 0.25) is 0 Å². The van der Waals surface area contributed by atoms with Gasteiger partial charge < -0.3 is 24.8 Å². The largest absolute Gasteiger partial charge is 0.488 e. The average Bonchev–Trinajstić information content (AvgIpc) is 3.31. The van der Waals surface area contributed by atoms with Crippen LogP contribution in [0.4, 0.5) is 0 Å². The van der Waals surface area contributed by atoms with Crippen LogP contribution in [0.5, 0.6) is 11.5 Å². The Labute approximate surface area is 184 Å². The first kappa shape index (κ1) is 21.5. The lowest BCUT2D eigenvalue weighted by atomic mass is 9.96. The number of rotatable bonds is 6. The Morgan fingerprint density at radius 1 is 1.32 bits per heavy atom. The molecule has 0 spiro atoms. The Balaban J connectivity index is 0.00000225. The van der Waals surface area contributed by atoms with Crippen molar-refractivity contribution in [3.05, 3.63) is 23.8 Å². The van der Waals surface area contributed by atoms with Gasteiger partial charge in [-0.3, -0.25) is 0 Å². The molecule has 2 N–H and O–H groups in total. The SMILES string of the molecule is CCNC(=NCCOc1cccc2c1OC(C)(C)C2)NC1CC2CCC1O2.I. The molecule has 4 rings (SSSR count). The minimum Gasteiger partial charge on any atom is -0.488 e. The summed E-state index contributed by atoms with van der Waals surface area (Å²) in [4.78, 5) is 4.67. The molecule has 0 aromatic heterocycles. The highest BCUT2D eigenvalue weighted by Crippen LogP contribution is 2.41. The number of ether oxygens (including phenoxy) is 3. The van der Waals surface area contributed by atoms with Gasteiger partial charge in [0, 0.05) is 18.5 Å². The lowest BCUT2D eigenvalue weighted by Gasteiger charge is -2.22. The molecule has 6 nitrogen and oxygen atoms in total. The molecule has 7 heteroatoms. The summed E-state index contributed by atoms with van der Waals surface area (Å²) in [5.74, 6) is 2.54. The van der Waals surface area contributed by atoms with E-state index in [1.54, 1.807) is 0 Å². The highest BCUT2D eigenvalue weighted by molar-refractivity contribution is 14.0. The van der Waals surface area contributed by atoms with Crippen LogP contribution in [0, 0.1) is 0 Å². The van der Waals surface area contributed by atoms with Crippen molar-refractivity contribution in [2.75, 3.05) is 19.7 Å². The van der Waals surface area contributed by atoms with E-state index in [-0.39, 0.29) is 29.6 Å². The number of nitrogens with zero attached hydrogens (tertiary/aromatic N) is 1. The van der Waals surface area contributed by atoms with Crippen LogP contribution < -0.4 is 20.1 Å². The van der Waals surface area contributed by atoms with E-state index < -0.39 is 0 Å². The Kier molecular flexibility index (Phi) is 6.96. The molecule has 28 heavy (non-hydrogen) atoms. The lowest BCUT2D eigenvalue weighted by molar-refractivity contribution is 0.0992. The summed E-state index contributed by atoms with van der Waals surface area (Å²) in [5, 5.41) is 6.86. The highest BCUT2D eigenvalue weighted by atomic mass is 127. The molecule has 2 fully saturated rings. The monoisotopic (exact) mass is 501 g/mol. The lowest BCUT2D eigenvalue weighted by Crippen LogP contribution is -2.47. The quantitative estimate of drug-likeness (QED) is 0.271. The van der Waals surface area contributed by atoms with Crippen molar-refractivity contribution < 1.29 is 14.2 Å². The van der Waals surface area contributed by atoms with Gasteiger partial charge in [-0.2, -0.15) is 0 Å². The predicted molar refractivity (Wildman–Crippen MR) is 121 cm³/mol. The van der Waals surface area contributed by atoms with Crippen LogP contribution in [0.1, 0.15) is 45.6 Å². The van der Waals surface area contributed by atoms with Crippen molar-refractivity contribution in [1.82, 2.24) is 10.6 Å². The molecule has 3 aliphatic rings. The first-order chi connectivity index (χ1) is 13.0. The third kappa shape index (κ3) is 4.84. The van der Waals surface area contributed by atoms with E-state index in [2.05, 4.69) is 42.5 Å². The molecular formula is C21H32IN3O3. The third-order valence-electron chi connectivity index (χ3n) is 5.45. The van der Waals surface area contributed by atoms with Crippen LogP contribution in [0.25, 0.3) is 0 Å². The Hall–Kier alpha value is -1.22. The smallest absolute Gasteiger partial charge is 0.191 e. The van der Waals surface area contributed by atoms with Crippen LogP contribution in [-0.4, -0.2) is 49.5 Å². The molecule has 3 atom stereocenters. The molecule has 0 radical (unpaired) electrons. The van der Waals surface area contributed by atoms with Gasteiger partial charge in [-0.15, -0.1) is 24.0 Å². The van der Waals surface area contributed by atoms with Gasteiger partial charge in [0.15, 0.2) is 17.5 Å². The first-order valence-electron chi connectivity index (χ1n) is 10.2. The third-order valence-corrected chi connectivity index (χ3v) is 5.45. The normalized spacial score (nSPS) is 27.0. The maximum Gasteiger partial charge on any atom is 0.191 e. The summed E-state index contributed by atoms with van der Waals surface area (Å²) in [6.07, 6.45) is 5.11. The van der Waals surface area contributed by atoms with Crippen LogP contribution in [0.2, 0.25) is 0 Å². The van der Waals surface area contributed by atoms with Gasteiger partial charge in [0.1, 0.15) is 12.2 Å². The van der Waals surface area contributed by atoms with E-state index >= 15 is 0 Å². The van der Waals surface area contributed by atoms with Gasteiger partial charge in [-0.25, -0.2) is 4.99 Å². The van der Waals surface area contributed by atoms with E-state index in [1.807, 2.05) is 12.1 Å². The molecular weight excluding hydrogens is 469 g/mol. The molecule has 2 bridgehead atoms. The number of para-hydroxylation sites is 1. The van der Waals surface area contributed by atoms with Crippen LogP contribution >= 0.6 is 24.0 Å². The zero-order chi connectivity index (χ0) is 18.9. The van der Waals surface area contributed by atoms with Gasteiger partial charge in [-0.1, -0.05) is 12.1 Å². The van der Waals surface area contributed by atoms with Gasteiger partial charge in [-0.05, 0) is 46.1 Å². The molecule has 1 aromatic rings. The van der Waals surface area contributed by atoms with Crippen molar-refractivity contribution in [2.24, 2.45) is 4.99 Å². The van der Waals surface area contributed by atoms with Crippen molar-refractivity contribution in [3.8, 4) is 11.5 Å². The fourth-order valence-corrected chi connectivity index (χ4v) is 4.30. The number of benzene rings is 1. The van der Waals surface area contributed by atoms with E-state index in [0.717, 1.165) is 43.3 Å². The number of aliphatic imine (C=N–C) groups is 1. The fourth-order valence-electron chi connectivity index (χ4n) is 4.30. The predicted octanol–water partition coefficient (Wildman–Crippen LogP) is 3.27. The van der Waals surface area contributed by atoms with Crippen molar-refractivity contribution >= 4 is 29.9 Å². The number of nitrogens with one attached hydrogen (secondary N) is 2. The number of guanidine groups is 1. The number of hydrogen-bond acceptors (Lipinski definition) is 4. The van der Waals surface area contributed by atoms with E-state index in [4.69, 9.17) is 14.2 Å². The minimum absolute atomic E-state index is 0. The second kappa shape index (κ2) is 9.07. The molecule has 2 saturated heterocycles. The molecule has 0 saturated carbocycles. The second-order valence-corrected chi connectivity index (χ2v) is 8.25. The summed E-state index contributed by atoms with van der Waals surface area (Å²) >= 11 is 0. The molecule has 0 amide bonds. The van der Waals surface area contributed by atoms with Gasteiger partial charge >= 0.3 is 0 Å². The minimum atomic E-state index is -0.162. The molecule has 3 heterocycles. The van der Waals surface area contributed by atoms with E-state index in [9.17, 15) is 0 Å². The standard InChI is InChI=1S/C21H31N3O3.HI/c1-4-22-20(24-16-12-15-8-9-17(16)26-15)23-10-11-25-18-7-5-6-14-13-21(2,3)27-19(14)18;/h5-7,15-17H,4,8-13H2,1-3H3,(H2,22,23,24);1H. The van der Waals surface area contributed by atoms with Crippen LogP contribution in [0.3, 0.4) is 0 Å². The molecule has 1 aromatic carbocycles. The van der Waals surface area contributed by atoms with Crippen molar-refractivity contribution in [3.63, 3.8) is 0 Å². The van der Waals surface area contributed by atoms with Crippen molar-refractivity contribution in [2.45, 2.75) is 70.3 Å². The molecule has 0 aliphatic carbocycles. The van der Waals surface area contributed by atoms with Gasteiger partial charge in [0.25, 0.3) is 0 Å². The topological polar surface area (TPSA) is 64.1 Å². The molecule has 3 unspecified atom stereocenters. The highest BCUT2D eigenvalue weighted by Gasteiger charge is 2.41. The Morgan fingerprint density at radius 3 is 2.89 bits per heavy atom. The number of halogens is 1. The van der Waals surface area contributed by atoms with Gasteiger partial charge in [0.05, 0.1) is 24.8 Å². The zero-order valence-corrected chi connectivity index (χ0v) is 19.3. The molecule has 156 valence electrons. The first-order valence-corrected chi connectivity index (χ1v) is 10.2. The fraction of sp³-hybridized carbons (Fsp3) is 0.667. The Morgan fingerprint density at radius 2 is 2.18 bits per heavy atom. The summed E-state index contributed by atoms with van der Waals surface area (Å²) < 4.78 is 18.0. The summed E-state index contributed by atoms with van der Waals surface area (Å²) in [6, 6.07) is 6.48. The Bertz CT molecular complexity index is 710. The zero-order valence-electron chi connectivity index (χ0n) is 17.0. The van der Waals surface area contributed by atoms with E-state index in [1.165, 1.54) is 12.0 Å². The maximum absolute atomic E-state index is 6.06. The summed E-state index contributed by atoms with van der Waals surface area (Å²) in [7, 11) is 0. The molecule has 3 aliphatic heterocycles.